The van der Waals surface area contributed by atoms with Crippen LogP contribution in [0.15, 0.2) is 0 Å². The van der Waals surface area contributed by atoms with Crippen molar-refractivity contribution in [1.29, 1.82) is 0 Å². The SMILES string of the molecule is COC(=O)C(C)CNCC(C)N(C)C1CC1. The zero-order valence-electron chi connectivity index (χ0n) is 10.8. The normalized spacial score (nSPS) is 19.6. The summed E-state index contributed by atoms with van der Waals surface area (Å²) in [4.78, 5) is 13.6. The summed E-state index contributed by atoms with van der Waals surface area (Å²) < 4.78 is 4.68. The minimum atomic E-state index is -0.143. The predicted molar refractivity (Wildman–Crippen MR) is 64.3 cm³/mol. The molecule has 1 aliphatic rings. The van der Waals surface area contributed by atoms with Gasteiger partial charge < -0.3 is 10.1 Å². The van der Waals surface area contributed by atoms with Crippen LogP contribution in [0.5, 0.6) is 0 Å². The van der Waals surface area contributed by atoms with Crippen LogP contribution in [0.4, 0.5) is 0 Å². The Morgan fingerprint density at radius 2 is 2.06 bits per heavy atom. The molecule has 4 heteroatoms. The van der Waals surface area contributed by atoms with Crippen LogP contribution in [-0.4, -0.2) is 50.2 Å². The third kappa shape index (κ3) is 4.10. The molecule has 0 aromatic rings. The van der Waals surface area contributed by atoms with E-state index in [-0.39, 0.29) is 11.9 Å². The maximum atomic E-state index is 11.2. The molecule has 1 aliphatic carbocycles. The van der Waals surface area contributed by atoms with Crippen LogP contribution in [0, 0.1) is 5.92 Å². The number of nitrogens with one attached hydrogen (secondary N) is 1. The summed E-state index contributed by atoms with van der Waals surface area (Å²) in [5, 5.41) is 3.32. The predicted octanol–water partition coefficient (Wildman–Crippen LogP) is 0.868. The van der Waals surface area contributed by atoms with Crippen LogP contribution in [-0.2, 0) is 9.53 Å². The fraction of sp³-hybridized carbons (Fsp3) is 0.917. The number of carbonyl (C=O) groups excluding carboxylic acids is 1. The molecule has 1 saturated carbocycles. The molecule has 0 spiro atoms. The molecule has 0 amide bonds. The molecule has 0 bridgehead atoms. The van der Waals surface area contributed by atoms with E-state index in [9.17, 15) is 4.79 Å². The van der Waals surface area contributed by atoms with E-state index in [2.05, 4.69) is 28.9 Å². The topological polar surface area (TPSA) is 41.6 Å². The van der Waals surface area contributed by atoms with Crippen molar-refractivity contribution in [2.24, 2.45) is 5.92 Å². The molecule has 0 aromatic heterocycles. The molecule has 1 N–H and O–H groups in total. The van der Waals surface area contributed by atoms with E-state index in [1.54, 1.807) is 0 Å². The van der Waals surface area contributed by atoms with E-state index >= 15 is 0 Å². The van der Waals surface area contributed by atoms with Crippen LogP contribution in [0.2, 0.25) is 0 Å². The van der Waals surface area contributed by atoms with Crippen molar-refractivity contribution in [2.75, 3.05) is 27.2 Å². The number of esters is 1. The van der Waals surface area contributed by atoms with E-state index in [4.69, 9.17) is 0 Å². The number of nitrogens with zero attached hydrogens (tertiary/aromatic N) is 1. The second-order valence-electron chi connectivity index (χ2n) is 4.83. The van der Waals surface area contributed by atoms with Gasteiger partial charge in [0.25, 0.3) is 0 Å². The minimum absolute atomic E-state index is 0.0663. The Hall–Kier alpha value is -0.610. The van der Waals surface area contributed by atoms with Gasteiger partial charge in [-0.05, 0) is 26.8 Å². The first-order valence-electron chi connectivity index (χ1n) is 6.06. The van der Waals surface area contributed by atoms with E-state index in [0.29, 0.717) is 12.6 Å². The van der Waals surface area contributed by atoms with Crippen LogP contribution in [0.3, 0.4) is 0 Å². The Balaban J connectivity index is 2.11. The Morgan fingerprint density at radius 1 is 1.44 bits per heavy atom. The molecule has 0 aromatic carbocycles. The molecule has 94 valence electrons. The molecule has 0 heterocycles. The summed E-state index contributed by atoms with van der Waals surface area (Å²) in [6.07, 6.45) is 2.67. The lowest BCUT2D eigenvalue weighted by molar-refractivity contribution is -0.144. The molecule has 2 atom stereocenters. The lowest BCUT2D eigenvalue weighted by Gasteiger charge is -2.25. The summed E-state index contributed by atoms with van der Waals surface area (Å²) >= 11 is 0. The van der Waals surface area contributed by atoms with Crippen molar-refractivity contribution in [2.45, 2.75) is 38.8 Å². The van der Waals surface area contributed by atoms with Crippen LogP contribution in [0.25, 0.3) is 0 Å². The fourth-order valence-corrected chi connectivity index (χ4v) is 1.78. The number of likely N-dealkylation sites (N-methyl/N-ethyl adjacent to an activating group) is 1. The van der Waals surface area contributed by atoms with Gasteiger partial charge in [-0.1, -0.05) is 6.92 Å². The summed E-state index contributed by atoms with van der Waals surface area (Å²) in [6.45, 7) is 5.71. The van der Waals surface area contributed by atoms with Gasteiger partial charge in [0.1, 0.15) is 0 Å². The maximum Gasteiger partial charge on any atom is 0.309 e. The second kappa shape index (κ2) is 6.21. The second-order valence-corrected chi connectivity index (χ2v) is 4.83. The third-order valence-electron chi connectivity index (χ3n) is 3.31. The van der Waals surface area contributed by atoms with Gasteiger partial charge in [-0.25, -0.2) is 0 Å². The molecule has 0 saturated heterocycles. The Kier molecular flexibility index (Phi) is 5.22. The quantitative estimate of drug-likeness (QED) is 0.656. The smallest absolute Gasteiger partial charge is 0.309 e. The number of hydrogen-bond donors (Lipinski definition) is 1. The highest BCUT2D eigenvalue weighted by Crippen LogP contribution is 2.26. The van der Waals surface area contributed by atoms with Gasteiger partial charge in [0.05, 0.1) is 13.0 Å². The zero-order valence-corrected chi connectivity index (χ0v) is 10.8. The molecule has 2 unspecified atom stereocenters. The van der Waals surface area contributed by atoms with Crippen LogP contribution >= 0.6 is 0 Å². The van der Waals surface area contributed by atoms with E-state index in [1.807, 2.05) is 6.92 Å². The number of rotatable bonds is 7. The van der Waals surface area contributed by atoms with Crippen molar-refractivity contribution in [3.8, 4) is 0 Å². The average Bonchev–Trinajstić information content (AvgIpc) is 3.10. The van der Waals surface area contributed by atoms with Gasteiger partial charge in [0.15, 0.2) is 0 Å². The number of hydrogen-bond acceptors (Lipinski definition) is 4. The number of carbonyl (C=O) groups is 1. The fourth-order valence-electron chi connectivity index (χ4n) is 1.78. The first kappa shape index (κ1) is 13.5. The first-order chi connectivity index (χ1) is 7.56. The Morgan fingerprint density at radius 3 is 2.56 bits per heavy atom. The number of ether oxygens (including phenoxy) is 1. The minimum Gasteiger partial charge on any atom is -0.469 e. The van der Waals surface area contributed by atoms with E-state index in [1.165, 1.54) is 20.0 Å². The van der Waals surface area contributed by atoms with Crippen molar-refractivity contribution in [3.63, 3.8) is 0 Å². The van der Waals surface area contributed by atoms with Crippen molar-refractivity contribution in [1.82, 2.24) is 10.2 Å². The molecule has 16 heavy (non-hydrogen) atoms. The highest BCUT2D eigenvalue weighted by atomic mass is 16.5. The lowest BCUT2D eigenvalue weighted by Crippen LogP contribution is -2.41. The average molecular weight is 228 g/mol. The molecular weight excluding hydrogens is 204 g/mol. The molecule has 1 rings (SSSR count). The molecule has 0 radical (unpaired) electrons. The van der Waals surface area contributed by atoms with Gasteiger partial charge in [0.2, 0.25) is 0 Å². The summed E-state index contributed by atoms with van der Waals surface area (Å²) in [5.41, 5.74) is 0. The van der Waals surface area contributed by atoms with E-state index in [0.717, 1.165) is 12.6 Å². The zero-order chi connectivity index (χ0) is 12.1. The van der Waals surface area contributed by atoms with E-state index < -0.39 is 0 Å². The third-order valence-corrected chi connectivity index (χ3v) is 3.31. The summed E-state index contributed by atoms with van der Waals surface area (Å²) in [6, 6.07) is 1.31. The van der Waals surface area contributed by atoms with Gasteiger partial charge >= 0.3 is 5.97 Å². The van der Waals surface area contributed by atoms with Gasteiger partial charge in [-0.3, -0.25) is 9.69 Å². The van der Waals surface area contributed by atoms with Crippen molar-refractivity contribution >= 4 is 5.97 Å². The summed E-state index contributed by atoms with van der Waals surface area (Å²) in [7, 11) is 3.61. The van der Waals surface area contributed by atoms with Crippen LogP contribution in [0.1, 0.15) is 26.7 Å². The molecule has 0 aliphatic heterocycles. The largest absolute Gasteiger partial charge is 0.469 e. The maximum absolute atomic E-state index is 11.2. The molecule has 1 fully saturated rings. The first-order valence-corrected chi connectivity index (χ1v) is 6.06. The summed E-state index contributed by atoms with van der Waals surface area (Å²) in [5.74, 6) is -0.209. The van der Waals surface area contributed by atoms with Crippen molar-refractivity contribution in [3.05, 3.63) is 0 Å². The highest BCUT2D eigenvalue weighted by molar-refractivity contribution is 5.71. The highest BCUT2D eigenvalue weighted by Gasteiger charge is 2.28. The van der Waals surface area contributed by atoms with Crippen LogP contribution < -0.4 is 5.32 Å². The van der Waals surface area contributed by atoms with Gasteiger partial charge in [-0.15, -0.1) is 0 Å². The lowest BCUT2D eigenvalue weighted by atomic mass is 10.2. The Labute approximate surface area is 98.3 Å². The number of methoxy groups -OCH3 is 1. The van der Waals surface area contributed by atoms with Gasteiger partial charge in [0, 0.05) is 25.2 Å². The molecule has 4 nitrogen and oxygen atoms in total. The molecular formula is C12H24N2O2. The monoisotopic (exact) mass is 228 g/mol. The van der Waals surface area contributed by atoms with Gasteiger partial charge in [-0.2, -0.15) is 0 Å². The Bertz CT molecular complexity index is 229. The van der Waals surface area contributed by atoms with Crippen molar-refractivity contribution < 1.29 is 9.53 Å². The standard InChI is InChI=1S/C12H24N2O2/c1-9(12(15)16-4)7-13-8-10(2)14(3)11-5-6-11/h9-11,13H,5-8H2,1-4H3.